The van der Waals surface area contributed by atoms with Gasteiger partial charge in [-0.25, -0.2) is 0 Å². The van der Waals surface area contributed by atoms with Gasteiger partial charge in [-0.3, -0.25) is 4.79 Å². The van der Waals surface area contributed by atoms with Gasteiger partial charge in [0.2, 0.25) is 0 Å². The molecule has 5 heteroatoms. The Morgan fingerprint density at radius 1 is 1.17 bits per heavy atom. The van der Waals surface area contributed by atoms with Crippen LogP contribution >= 0.6 is 0 Å². The minimum absolute atomic E-state index is 0.0580. The molecule has 4 rings (SSSR count). The average molecular weight is 392 g/mol. The maximum Gasteiger partial charge on any atom is 0.253 e. The van der Waals surface area contributed by atoms with E-state index in [2.05, 4.69) is 51.6 Å². The van der Waals surface area contributed by atoms with Crippen LogP contribution in [0.3, 0.4) is 0 Å². The molecule has 1 aliphatic rings. The molecule has 0 radical (unpaired) electrons. The van der Waals surface area contributed by atoms with Gasteiger partial charge in [0.25, 0.3) is 5.91 Å². The van der Waals surface area contributed by atoms with Crippen molar-refractivity contribution < 1.29 is 9.53 Å². The first kappa shape index (κ1) is 19.5. The summed E-state index contributed by atoms with van der Waals surface area (Å²) in [5, 5.41) is 3.99. The number of fused-ring (bicyclic) bond motifs is 1. The van der Waals surface area contributed by atoms with Crippen LogP contribution in [0.1, 0.15) is 37.6 Å². The molecule has 5 nitrogen and oxygen atoms in total. The molecule has 1 amide bonds. The number of nitrogens with zero attached hydrogens (tertiary/aromatic N) is 1. The van der Waals surface area contributed by atoms with Crippen LogP contribution in [-0.4, -0.2) is 42.7 Å². The first-order chi connectivity index (χ1) is 13.8. The van der Waals surface area contributed by atoms with Gasteiger partial charge in [-0.05, 0) is 62.6 Å². The summed E-state index contributed by atoms with van der Waals surface area (Å²) in [5.41, 5.74) is 4.83. The molecule has 3 aromatic rings. The zero-order valence-electron chi connectivity index (χ0n) is 17.6. The zero-order chi connectivity index (χ0) is 20.6. The number of hydrogen-bond donors (Lipinski definition) is 2. The fraction of sp³-hybridized carbons (Fsp3) is 0.375. The molecule has 0 saturated carbocycles. The standard InChI is InChI=1S/C24H29N3O2/c1-24(2,3)26-23(28)21-14-25-22-9-8-17(13-20(21)22)16-6-5-7-18(12-16)27-11-10-19(15-27)29-4/h5-9,12-14,19,25H,10-11,15H2,1-4H3,(H,26,28). The Bertz CT molecular complexity index is 1030. The van der Waals surface area contributed by atoms with Crippen LogP contribution in [0.2, 0.25) is 0 Å². The van der Waals surface area contributed by atoms with Gasteiger partial charge in [-0.1, -0.05) is 18.2 Å². The molecule has 1 fully saturated rings. The molecule has 0 aliphatic carbocycles. The van der Waals surface area contributed by atoms with Crippen molar-refractivity contribution in [1.82, 2.24) is 10.3 Å². The highest BCUT2D eigenvalue weighted by molar-refractivity contribution is 6.07. The Hall–Kier alpha value is -2.79. The molecule has 1 unspecified atom stereocenters. The SMILES string of the molecule is COC1CCN(c2cccc(-c3ccc4[nH]cc(C(=O)NC(C)(C)C)c4c3)c2)C1. The summed E-state index contributed by atoms with van der Waals surface area (Å²) in [4.78, 5) is 18.3. The molecule has 29 heavy (non-hydrogen) atoms. The fourth-order valence-electron chi connectivity index (χ4n) is 3.93. The van der Waals surface area contributed by atoms with Crippen molar-refractivity contribution >= 4 is 22.5 Å². The Balaban J connectivity index is 1.66. The van der Waals surface area contributed by atoms with E-state index in [0.717, 1.165) is 41.5 Å². The van der Waals surface area contributed by atoms with E-state index in [9.17, 15) is 4.79 Å². The smallest absolute Gasteiger partial charge is 0.253 e. The summed E-state index contributed by atoms with van der Waals surface area (Å²) in [6, 6.07) is 14.8. The quantitative estimate of drug-likeness (QED) is 0.684. The third-order valence-electron chi connectivity index (χ3n) is 5.44. The van der Waals surface area contributed by atoms with Crippen LogP contribution in [0.15, 0.2) is 48.7 Å². The number of ether oxygens (including phenoxy) is 1. The summed E-state index contributed by atoms with van der Waals surface area (Å²) < 4.78 is 5.50. The molecule has 1 atom stereocenters. The van der Waals surface area contributed by atoms with Crippen LogP contribution in [-0.2, 0) is 4.74 Å². The highest BCUT2D eigenvalue weighted by Gasteiger charge is 2.22. The van der Waals surface area contributed by atoms with Gasteiger partial charge in [0, 0.05) is 48.5 Å². The topological polar surface area (TPSA) is 57.4 Å². The molecule has 0 bridgehead atoms. The highest BCUT2D eigenvalue weighted by Crippen LogP contribution is 2.30. The second kappa shape index (κ2) is 7.56. The third-order valence-corrected chi connectivity index (χ3v) is 5.44. The Morgan fingerprint density at radius 2 is 1.97 bits per heavy atom. The maximum absolute atomic E-state index is 12.7. The first-order valence-corrected chi connectivity index (χ1v) is 10.2. The predicted molar refractivity (Wildman–Crippen MR) is 119 cm³/mol. The van der Waals surface area contributed by atoms with E-state index in [4.69, 9.17) is 4.74 Å². The highest BCUT2D eigenvalue weighted by atomic mass is 16.5. The molecule has 2 N–H and O–H groups in total. The molecule has 1 aliphatic heterocycles. The molecular formula is C24H29N3O2. The van der Waals surface area contributed by atoms with Gasteiger partial charge in [-0.15, -0.1) is 0 Å². The number of aromatic nitrogens is 1. The summed E-state index contributed by atoms with van der Waals surface area (Å²) >= 11 is 0. The summed E-state index contributed by atoms with van der Waals surface area (Å²) in [7, 11) is 1.78. The monoisotopic (exact) mass is 391 g/mol. The number of amides is 1. The number of aromatic amines is 1. The van der Waals surface area contributed by atoms with Crippen molar-refractivity contribution in [3.63, 3.8) is 0 Å². The number of H-pyrrole nitrogens is 1. The van der Waals surface area contributed by atoms with E-state index in [-0.39, 0.29) is 11.4 Å². The number of rotatable bonds is 4. The molecule has 2 aromatic carbocycles. The number of benzene rings is 2. The minimum atomic E-state index is -0.275. The zero-order valence-corrected chi connectivity index (χ0v) is 17.6. The first-order valence-electron chi connectivity index (χ1n) is 10.2. The Kier molecular flexibility index (Phi) is 5.09. The van der Waals surface area contributed by atoms with E-state index in [1.807, 2.05) is 26.8 Å². The van der Waals surface area contributed by atoms with Crippen molar-refractivity contribution in [2.45, 2.75) is 38.8 Å². The van der Waals surface area contributed by atoms with Gasteiger partial charge >= 0.3 is 0 Å². The second-order valence-corrected chi connectivity index (χ2v) is 8.81. The van der Waals surface area contributed by atoms with Gasteiger partial charge in [0.05, 0.1) is 11.7 Å². The van der Waals surface area contributed by atoms with E-state index < -0.39 is 0 Å². The van der Waals surface area contributed by atoms with E-state index >= 15 is 0 Å². The van der Waals surface area contributed by atoms with Gasteiger partial charge in [-0.2, -0.15) is 0 Å². The molecule has 2 heterocycles. The number of carbonyl (C=O) groups is 1. The summed E-state index contributed by atoms with van der Waals surface area (Å²) in [6.45, 7) is 7.90. The lowest BCUT2D eigenvalue weighted by molar-refractivity contribution is 0.0921. The van der Waals surface area contributed by atoms with E-state index in [1.165, 1.54) is 5.69 Å². The van der Waals surface area contributed by atoms with E-state index in [1.54, 1.807) is 13.3 Å². The third kappa shape index (κ3) is 4.15. The van der Waals surface area contributed by atoms with E-state index in [0.29, 0.717) is 11.7 Å². The number of carbonyl (C=O) groups excluding carboxylic acids is 1. The number of nitrogens with one attached hydrogen (secondary N) is 2. The second-order valence-electron chi connectivity index (χ2n) is 8.81. The number of hydrogen-bond acceptors (Lipinski definition) is 3. The lowest BCUT2D eigenvalue weighted by atomic mass is 10.0. The Morgan fingerprint density at radius 3 is 2.69 bits per heavy atom. The van der Waals surface area contributed by atoms with Crippen LogP contribution in [0.5, 0.6) is 0 Å². The molecule has 0 spiro atoms. The number of methoxy groups -OCH3 is 1. The molecular weight excluding hydrogens is 362 g/mol. The van der Waals surface area contributed by atoms with Gasteiger partial charge in [0.1, 0.15) is 0 Å². The van der Waals surface area contributed by atoms with Crippen molar-refractivity contribution in [3.8, 4) is 11.1 Å². The fourth-order valence-corrected chi connectivity index (χ4v) is 3.93. The van der Waals surface area contributed by atoms with Crippen molar-refractivity contribution in [3.05, 3.63) is 54.2 Å². The maximum atomic E-state index is 12.7. The largest absolute Gasteiger partial charge is 0.380 e. The van der Waals surface area contributed by atoms with Crippen LogP contribution < -0.4 is 10.2 Å². The van der Waals surface area contributed by atoms with Crippen LogP contribution in [0.4, 0.5) is 5.69 Å². The minimum Gasteiger partial charge on any atom is -0.380 e. The Labute approximate surface area is 172 Å². The molecule has 152 valence electrons. The normalized spacial score (nSPS) is 17.1. The lowest BCUT2D eigenvalue weighted by Crippen LogP contribution is -2.40. The number of anilines is 1. The van der Waals surface area contributed by atoms with Crippen LogP contribution in [0.25, 0.3) is 22.0 Å². The molecule has 1 saturated heterocycles. The predicted octanol–water partition coefficient (Wildman–Crippen LogP) is 4.59. The van der Waals surface area contributed by atoms with Crippen molar-refractivity contribution in [2.75, 3.05) is 25.1 Å². The van der Waals surface area contributed by atoms with Crippen molar-refractivity contribution in [2.24, 2.45) is 0 Å². The van der Waals surface area contributed by atoms with Crippen LogP contribution in [0, 0.1) is 0 Å². The summed E-state index contributed by atoms with van der Waals surface area (Å²) in [6.07, 6.45) is 3.15. The summed E-state index contributed by atoms with van der Waals surface area (Å²) in [5.74, 6) is -0.0580. The average Bonchev–Trinajstić information content (AvgIpc) is 3.33. The lowest BCUT2D eigenvalue weighted by Gasteiger charge is -2.20. The van der Waals surface area contributed by atoms with Gasteiger partial charge < -0.3 is 19.9 Å². The van der Waals surface area contributed by atoms with Crippen molar-refractivity contribution in [1.29, 1.82) is 0 Å². The molecule has 1 aromatic heterocycles. The van der Waals surface area contributed by atoms with Gasteiger partial charge in [0.15, 0.2) is 0 Å².